The SMILES string of the molecule is NCCCC[C@@H](NC1CSc2ccccc2N(CC(=O)O)C1=O)C(=O)O. The topological polar surface area (TPSA) is 133 Å². The average Bonchev–Trinajstić information content (AvgIpc) is 2.72. The molecule has 1 aliphatic heterocycles. The number of amides is 1. The number of nitrogens with one attached hydrogen (secondary N) is 1. The maximum absolute atomic E-state index is 12.9. The van der Waals surface area contributed by atoms with E-state index < -0.39 is 36.5 Å². The number of carboxylic acids is 2. The van der Waals surface area contributed by atoms with E-state index in [4.69, 9.17) is 5.73 Å². The molecule has 5 N–H and O–H groups in total. The number of fused-ring (bicyclic) bond motifs is 1. The lowest BCUT2D eigenvalue weighted by Crippen LogP contribution is -2.53. The van der Waals surface area contributed by atoms with Gasteiger partial charge in [0.2, 0.25) is 5.91 Å². The minimum absolute atomic E-state index is 0.326. The Hall–Kier alpha value is -2.10. The first kappa shape index (κ1) is 20.2. The molecule has 1 heterocycles. The molecule has 26 heavy (non-hydrogen) atoms. The number of hydrogen-bond acceptors (Lipinski definition) is 6. The van der Waals surface area contributed by atoms with E-state index in [1.54, 1.807) is 12.1 Å². The first-order valence-corrected chi connectivity index (χ1v) is 9.36. The van der Waals surface area contributed by atoms with Gasteiger partial charge in [0.05, 0.1) is 11.7 Å². The minimum Gasteiger partial charge on any atom is -0.480 e. The van der Waals surface area contributed by atoms with E-state index in [-0.39, 0.29) is 0 Å². The number of thioether (sulfide) groups is 1. The number of rotatable bonds is 9. The van der Waals surface area contributed by atoms with Crippen molar-refractivity contribution in [1.82, 2.24) is 5.32 Å². The second-order valence-corrected chi connectivity index (χ2v) is 7.05. The van der Waals surface area contributed by atoms with E-state index in [0.29, 0.717) is 37.2 Å². The highest BCUT2D eigenvalue weighted by Crippen LogP contribution is 2.34. The number of para-hydroxylation sites is 1. The lowest BCUT2D eigenvalue weighted by molar-refractivity contribution is -0.140. The highest BCUT2D eigenvalue weighted by Gasteiger charge is 2.34. The van der Waals surface area contributed by atoms with Gasteiger partial charge in [-0.1, -0.05) is 18.6 Å². The van der Waals surface area contributed by atoms with Gasteiger partial charge in [-0.2, -0.15) is 0 Å². The molecule has 1 unspecified atom stereocenters. The minimum atomic E-state index is -1.13. The van der Waals surface area contributed by atoms with Crippen molar-refractivity contribution < 1.29 is 24.6 Å². The van der Waals surface area contributed by atoms with Crippen LogP contribution in [0, 0.1) is 0 Å². The Balaban J connectivity index is 2.20. The predicted molar refractivity (Wildman–Crippen MR) is 98.4 cm³/mol. The van der Waals surface area contributed by atoms with Gasteiger partial charge in [-0.15, -0.1) is 11.8 Å². The van der Waals surface area contributed by atoms with Crippen LogP contribution in [-0.2, 0) is 14.4 Å². The fourth-order valence-corrected chi connectivity index (χ4v) is 3.87. The van der Waals surface area contributed by atoms with Gasteiger partial charge >= 0.3 is 11.9 Å². The molecular weight excluding hydrogens is 358 g/mol. The molecule has 0 aliphatic carbocycles. The number of carbonyl (C=O) groups is 3. The number of hydrogen-bond donors (Lipinski definition) is 4. The molecule has 1 aliphatic rings. The molecule has 0 bridgehead atoms. The maximum Gasteiger partial charge on any atom is 0.323 e. The summed E-state index contributed by atoms with van der Waals surface area (Å²) in [5.41, 5.74) is 5.98. The van der Waals surface area contributed by atoms with Gasteiger partial charge in [0.1, 0.15) is 12.6 Å². The molecule has 1 amide bonds. The van der Waals surface area contributed by atoms with E-state index in [1.807, 2.05) is 12.1 Å². The van der Waals surface area contributed by atoms with Crippen molar-refractivity contribution >= 4 is 35.3 Å². The van der Waals surface area contributed by atoms with Crippen molar-refractivity contribution in [1.29, 1.82) is 0 Å². The standard InChI is InChI=1S/C17H23N3O5S/c18-8-4-3-5-11(17(24)25)19-12-10-26-14-7-2-1-6-13(14)20(16(12)23)9-15(21)22/h1-2,6-7,11-12,19H,3-5,8-10,18H2,(H,21,22)(H,24,25)/t11-,12?/m1/s1. The third-order valence-corrected chi connectivity index (χ3v) is 5.22. The Morgan fingerprint density at radius 2 is 2.04 bits per heavy atom. The zero-order chi connectivity index (χ0) is 19.1. The van der Waals surface area contributed by atoms with Gasteiger partial charge in [0.15, 0.2) is 0 Å². The normalized spacial score (nSPS) is 18.1. The third kappa shape index (κ3) is 5.20. The molecule has 8 nitrogen and oxygen atoms in total. The van der Waals surface area contributed by atoms with Gasteiger partial charge in [-0.25, -0.2) is 0 Å². The summed E-state index contributed by atoms with van der Waals surface area (Å²) in [5.74, 6) is -2.27. The molecule has 0 spiro atoms. The highest BCUT2D eigenvalue weighted by atomic mass is 32.2. The van der Waals surface area contributed by atoms with Crippen molar-refractivity contribution in [3.8, 4) is 0 Å². The van der Waals surface area contributed by atoms with E-state index >= 15 is 0 Å². The summed E-state index contributed by atoms with van der Waals surface area (Å²) >= 11 is 1.40. The lowest BCUT2D eigenvalue weighted by atomic mass is 10.1. The fraction of sp³-hybridized carbons (Fsp3) is 0.471. The molecule has 0 radical (unpaired) electrons. The molecule has 9 heteroatoms. The number of carboxylic acid groups (broad SMARTS) is 2. The average molecular weight is 381 g/mol. The quantitative estimate of drug-likeness (QED) is 0.461. The molecule has 0 saturated carbocycles. The summed E-state index contributed by atoms with van der Waals surface area (Å²) in [7, 11) is 0. The van der Waals surface area contributed by atoms with Crippen LogP contribution in [0.1, 0.15) is 19.3 Å². The van der Waals surface area contributed by atoms with Crippen LogP contribution >= 0.6 is 11.8 Å². The van der Waals surface area contributed by atoms with E-state index in [9.17, 15) is 24.6 Å². The fourth-order valence-electron chi connectivity index (χ4n) is 2.78. The van der Waals surface area contributed by atoms with Crippen molar-refractivity contribution in [2.75, 3.05) is 23.7 Å². The smallest absolute Gasteiger partial charge is 0.323 e. The van der Waals surface area contributed by atoms with Crippen LogP contribution in [0.15, 0.2) is 29.2 Å². The summed E-state index contributed by atoms with van der Waals surface area (Å²) in [5, 5.41) is 21.5. The van der Waals surface area contributed by atoms with E-state index in [2.05, 4.69) is 5.32 Å². The number of unbranched alkanes of at least 4 members (excludes halogenated alkanes) is 1. The van der Waals surface area contributed by atoms with Crippen molar-refractivity contribution in [3.05, 3.63) is 24.3 Å². The molecule has 0 saturated heterocycles. The monoisotopic (exact) mass is 381 g/mol. The largest absolute Gasteiger partial charge is 0.480 e. The lowest BCUT2D eigenvalue weighted by Gasteiger charge is -2.26. The molecule has 2 rings (SSSR count). The Bertz CT molecular complexity index is 670. The van der Waals surface area contributed by atoms with Crippen molar-refractivity contribution in [2.45, 2.75) is 36.2 Å². The van der Waals surface area contributed by atoms with Crippen LogP contribution in [0.4, 0.5) is 5.69 Å². The van der Waals surface area contributed by atoms with Gasteiger partial charge in [0.25, 0.3) is 0 Å². The first-order valence-electron chi connectivity index (χ1n) is 8.38. The Morgan fingerprint density at radius 3 is 2.69 bits per heavy atom. The molecule has 0 fully saturated rings. The number of nitrogens with two attached hydrogens (primary N) is 1. The Kier molecular flexibility index (Phi) is 7.43. The van der Waals surface area contributed by atoms with Crippen LogP contribution in [0.3, 0.4) is 0 Å². The number of aliphatic carboxylic acids is 2. The summed E-state index contributed by atoms with van der Waals surface area (Å²) in [6.07, 6.45) is 1.69. The summed E-state index contributed by atoms with van der Waals surface area (Å²) in [4.78, 5) is 37.6. The summed E-state index contributed by atoms with van der Waals surface area (Å²) in [6.45, 7) is 0.00570. The molecule has 142 valence electrons. The Labute approximate surface area is 155 Å². The predicted octanol–water partition coefficient (Wildman–Crippen LogP) is 0.750. The van der Waals surface area contributed by atoms with Gasteiger partial charge in [-0.05, 0) is 31.5 Å². The first-order chi connectivity index (χ1) is 12.4. The molecule has 1 aromatic carbocycles. The van der Waals surface area contributed by atoms with Crippen LogP contribution in [0.2, 0.25) is 0 Å². The van der Waals surface area contributed by atoms with Crippen LogP contribution < -0.4 is 16.0 Å². The van der Waals surface area contributed by atoms with E-state index in [1.165, 1.54) is 16.7 Å². The third-order valence-electron chi connectivity index (χ3n) is 4.07. The van der Waals surface area contributed by atoms with Crippen molar-refractivity contribution in [2.24, 2.45) is 5.73 Å². The number of benzene rings is 1. The Morgan fingerprint density at radius 1 is 1.31 bits per heavy atom. The molecule has 1 aromatic rings. The summed E-state index contributed by atoms with van der Waals surface area (Å²) in [6, 6.07) is 5.40. The van der Waals surface area contributed by atoms with Crippen LogP contribution in [-0.4, -0.2) is 59.0 Å². The maximum atomic E-state index is 12.9. The molecule has 2 atom stereocenters. The summed E-state index contributed by atoms with van der Waals surface area (Å²) < 4.78 is 0. The zero-order valence-electron chi connectivity index (χ0n) is 14.3. The number of carbonyl (C=O) groups excluding carboxylic acids is 1. The number of nitrogens with zero attached hydrogens (tertiary/aromatic N) is 1. The van der Waals surface area contributed by atoms with E-state index in [0.717, 1.165) is 4.90 Å². The molecular formula is C17H23N3O5S. The van der Waals surface area contributed by atoms with Crippen LogP contribution in [0.5, 0.6) is 0 Å². The number of anilines is 1. The zero-order valence-corrected chi connectivity index (χ0v) is 15.1. The second kappa shape index (κ2) is 9.56. The second-order valence-electron chi connectivity index (χ2n) is 5.99. The van der Waals surface area contributed by atoms with Crippen LogP contribution in [0.25, 0.3) is 0 Å². The van der Waals surface area contributed by atoms with Gasteiger partial charge in [-0.3, -0.25) is 24.6 Å². The van der Waals surface area contributed by atoms with Crippen molar-refractivity contribution in [3.63, 3.8) is 0 Å². The molecule has 0 aromatic heterocycles. The van der Waals surface area contributed by atoms with Gasteiger partial charge in [0, 0.05) is 10.6 Å². The highest BCUT2D eigenvalue weighted by molar-refractivity contribution is 7.99. The van der Waals surface area contributed by atoms with Gasteiger partial charge < -0.3 is 15.9 Å².